The van der Waals surface area contributed by atoms with Crippen LogP contribution in [0.4, 0.5) is 5.69 Å². The van der Waals surface area contributed by atoms with E-state index in [0.717, 1.165) is 24.3 Å². The summed E-state index contributed by atoms with van der Waals surface area (Å²) >= 11 is 0. The van der Waals surface area contributed by atoms with Gasteiger partial charge in [-0.15, -0.1) is 0 Å². The van der Waals surface area contributed by atoms with Crippen molar-refractivity contribution in [1.29, 1.82) is 0 Å². The topological polar surface area (TPSA) is 82.1 Å². The third-order valence-corrected chi connectivity index (χ3v) is 5.58. The van der Waals surface area contributed by atoms with Gasteiger partial charge in [0.2, 0.25) is 5.91 Å². The summed E-state index contributed by atoms with van der Waals surface area (Å²) in [6.07, 6.45) is 0.417. The fourth-order valence-corrected chi connectivity index (χ4v) is 3.86. The first-order valence-electron chi connectivity index (χ1n) is 11.4. The van der Waals surface area contributed by atoms with E-state index in [1.165, 1.54) is 5.56 Å². The van der Waals surface area contributed by atoms with Crippen molar-refractivity contribution in [3.05, 3.63) is 59.7 Å². The molecule has 178 valence electrons. The van der Waals surface area contributed by atoms with Gasteiger partial charge in [0.1, 0.15) is 11.4 Å². The molecule has 1 amide bonds. The van der Waals surface area contributed by atoms with Gasteiger partial charge in [0.25, 0.3) is 0 Å². The third-order valence-electron chi connectivity index (χ3n) is 5.58. The van der Waals surface area contributed by atoms with Crippen LogP contribution in [0.25, 0.3) is 0 Å². The van der Waals surface area contributed by atoms with Crippen LogP contribution < -0.4 is 10.2 Å². The van der Waals surface area contributed by atoms with Crippen LogP contribution in [0.2, 0.25) is 0 Å². The molecule has 1 fully saturated rings. The number of piperazine rings is 1. The molecule has 3 rings (SSSR count). The summed E-state index contributed by atoms with van der Waals surface area (Å²) in [5, 5.41) is 12.7. The minimum Gasteiger partial charge on any atom is -0.508 e. The minimum absolute atomic E-state index is 0.0322. The lowest BCUT2D eigenvalue weighted by molar-refractivity contribution is -0.153. The zero-order valence-corrected chi connectivity index (χ0v) is 20.0. The number of aromatic hydroxyl groups is 1. The van der Waals surface area contributed by atoms with Crippen LogP contribution in [-0.4, -0.2) is 66.2 Å². The normalized spacial score (nSPS) is 15.3. The van der Waals surface area contributed by atoms with Gasteiger partial charge in [-0.3, -0.25) is 14.9 Å². The van der Waals surface area contributed by atoms with Crippen LogP contribution in [0, 0.1) is 6.92 Å². The minimum atomic E-state index is -0.582. The Hall–Kier alpha value is -3.06. The van der Waals surface area contributed by atoms with Crippen molar-refractivity contribution in [2.75, 3.05) is 37.6 Å². The van der Waals surface area contributed by atoms with Crippen molar-refractivity contribution in [3.8, 4) is 5.75 Å². The molecule has 0 bridgehead atoms. The fraction of sp³-hybridized carbons (Fsp3) is 0.462. The monoisotopic (exact) mass is 453 g/mol. The molecule has 7 nitrogen and oxygen atoms in total. The second kappa shape index (κ2) is 10.7. The number of esters is 1. The first-order valence-corrected chi connectivity index (χ1v) is 11.4. The Kier molecular flexibility index (Phi) is 7.97. The summed E-state index contributed by atoms with van der Waals surface area (Å²) in [6, 6.07) is 14.7. The van der Waals surface area contributed by atoms with Gasteiger partial charge in [-0.2, -0.15) is 0 Å². The number of hydrogen-bond donors (Lipinski definition) is 2. The van der Waals surface area contributed by atoms with Gasteiger partial charge in [0.05, 0.1) is 12.6 Å². The average Bonchev–Trinajstić information content (AvgIpc) is 2.77. The first-order chi connectivity index (χ1) is 15.6. The summed E-state index contributed by atoms with van der Waals surface area (Å²) in [4.78, 5) is 29.8. The number of phenols is 1. The number of anilines is 1. The predicted octanol–water partition coefficient (Wildman–Crippen LogP) is 2.89. The molecule has 1 aliphatic heterocycles. The van der Waals surface area contributed by atoms with Gasteiger partial charge in [-0.05, 0) is 63.9 Å². The molecule has 1 aliphatic rings. The number of benzene rings is 2. The maximum absolute atomic E-state index is 13.4. The van der Waals surface area contributed by atoms with Crippen molar-refractivity contribution in [3.63, 3.8) is 0 Å². The lowest BCUT2D eigenvalue weighted by Gasteiger charge is -2.37. The molecule has 2 aromatic carbocycles. The number of carbonyl (C=O) groups excluding carboxylic acids is 2. The summed E-state index contributed by atoms with van der Waals surface area (Å²) < 4.78 is 5.38. The molecule has 7 heteroatoms. The van der Waals surface area contributed by atoms with Crippen LogP contribution in [-0.2, 0) is 20.7 Å². The van der Waals surface area contributed by atoms with Crippen LogP contribution in [0.3, 0.4) is 0 Å². The van der Waals surface area contributed by atoms with Crippen molar-refractivity contribution in [1.82, 2.24) is 10.2 Å². The second-order valence-electron chi connectivity index (χ2n) is 9.54. The van der Waals surface area contributed by atoms with Crippen molar-refractivity contribution < 1.29 is 19.4 Å². The molecular weight excluding hydrogens is 418 g/mol. The third kappa shape index (κ3) is 7.49. The van der Waals surface area contributed by atoms with E-state index in [0.29, 0.717) is 19.5 Å². The highest BCUT2D eigenvalue weighted by Crippen LogP contribution is 2.18. The Morgan fingerprint density at radius 1 is 1.00 bits per heavy atom. The summed E-state index contributed by atoms with van der Waals surface area (Å²) in [6.45, 7) is 10.2. The molecule has 0 aliphatic carbocycles. The zero-order chi connectivity index (χ0) is 24.0. The van der Waals surface area contributed by atoms with E-state index >= 15 is 0 Å². The SMILES string of the molecule is Cc1ccc(N2CCN(C(=O)C(Cc3ccc(O)cc3)NCC(=O)OC(C)(C)C)CC2)cc1. The van der Waals surface area contributed by atoms with E-state index in [4.69, 9.17) is 4.74 Å². The Morgan fingerprint density at radius 2 is 1.61 bits per heavy atom. The van der Waals surface area contributed by atoms with Crippen LogP contribution in [0.5, 0.6) is 5.75 Å². The number of phenolic OH excluding ortho intramolecular Hbond substituents is 1. The lowest BCUT2D eigenvalue weighted by atomic mass is 10.0. The molecule has 0 spiro atoms. The molecule has 1 atom stereocenters. The van der Waals surface area contributed by atoms with E-state index in [9.17, 15) is 14.7 Å². The quantitative estimate of drug-likeness (QED) is 0.628. The van der Waals surface area contributed by atoms with E-state index in [-0.39, 0.29) is 18.2 Å². The molecule has 1 saturated heterocycles. The van der Waals surface area contributed by atoms with Crippen LogP contribution in [0.15, 0.2) is 48.5 Å². The predicted molar refractivity (Wildman–Crippen MR) is 129 cm³/mol. The number of rotatable bonds is 7. The number of nitrogens with one attached hydrogen (secondary N) is 1. The highest BCUT2D eigenvalue weighted by molar-refractivity contribution is 5.83. The Morgan fingerprint density at radius 3 is 2.18 bits per heavy atom. The lowest BCUT2D eigenvalue weighted by Crippen LogP contribution is -2.55. The van der Waals surface area contributed by atoms with E-state index in [1.54, 1.807) is 24.3 Å². The summed E-state index contributed by atoms with van der Waals surface area (Å²) in [5.41, 5.74) is 2.71. The van der Waals surface area contributed by atoms with Gasteiger partial charge < -0.3 is 19.6 Å². The van der Waals surface area contributed by atoms with Gasteiger partial charge in [0, 0.05) is 31.9 Å². The number of amides is 1. The standard InChI is InChI=1S/C26H35N3O4/c1-19-5-9-21(10-6-19)28-13-15-29(16-14-28)25(32)23(17-20-7-11-22(30)12-8-20)27-18-24(31)33-26(2,3)4/h5-12,23,27,30H,13-18H2,1-4H3. The number of nitrogens with zero attached hydrogens (tertiary/aromatic N) is 2. The number of aryl methyl sites for hydroxylation is 1. The number of carbonyl (C=O) groups is 2. The van der Waals surface area contributed by atoms with Gasteiger partial charge in [0.15, 0.2) is 0 Å². The van der Waals surface area contributed by atoms with E-state index < -0.39 is 17.6 Å². The average molecular weight is 454 g/mol. The molecule has 1 unspecified atom stereocenters. The smallest absolute Gasteiger partial charge is 0.320 e. The van der Waals surface area contributed by atoms with Crippen molar-refractivity contribution in [2.24, 2.45) is 0 Å². The molecule has 1 heterocycles. The fourth-order valence-electron chi connectivity index (χ4n) is 3.86. The van der Waals surface area contributed by atoms with Crippen LogP contribution in [0.1, 0.15) is 31.9 Å². The maximum atomic E-state index is 13.4. The maximum Gasteiger partial charge on any atom is 0.320 e. The Labute approximate surface area is 196 Å². The molecule has 0 radical (unpaired) electrons. The largest absolute Gasteiger partial charge is 0.508 e. The zero-order valence-electron chi connectivity index (χ0n) is 20.0. The molecule has 33 heavy (non-hydrogen) atoms. The number of ether oxygens (including phenoxy) is 1. The first kappa shape index (κ1) is 24.6. The molecule has 2 aromatic rings. The highest BCUT2D eigenvalue weighted by Gasteiger charge is 2.28. The van der Waals surface area contributed by atoms with Gasteiger partial charge in [-0.1, -0.05) is 29.8 Å². The highest BCUT2D eigenvalue weighted by atomic mass is 16.6. The summed E-state index contributed by atoms with van der Waals surface area (Å²) in [7, 11) is 0. The molecule has 0 aromatic heterocycles. The second-order valence-corrected chi connectivity index (χ2v) is 9.54. The molecular formula is C26H35N3O4. The summed E-state index contributed by atoms with van der Waals surface area (Å²) in [5.74, 6) is -0.249. The molecule has 0 saturated carbocycles. The molecule has 2 N–H and O–H groups in total. The Bertz CT molecular complexity index is 928. The van der Waals surface area contributed by atoms with Gasteiger partial charge >= 0.3 is 5.97 Å². The van der Waals surface area contributed by atoms with Gasteiger partial charge in [-0.25, -0.2) is 0 Å². The number of hydrogen-bond acceptors (Lipinski definition) is 6. The Balaban J connectivity index is 1.64. The van der Waals surface area contributed by atoms with Crippen molar-refractivity contribution >= 4 is 17.6 Å². The van der Waals surface area contributed by atoms with E-state index in [2.05, 4.69) is 41.4 Å². The van der Waals surface area contributed by atoms with Crippen LogP contribution >= 0.6 is 0 Å². The van der Waals surface area contributed by atoms with Crippen molar-refractivity contribution in [2.45, 2.75) is 45.8 Å². The van der Waals surface area contributed by atoms with E-state index in [1.807, 2.05) is 25.7 Å².